The Labute approximate surface area is 138 Å². The Bertz CT molecular complexity index is 641. The third kappa shape index (κ3) is 2.36. The highest BCUT2D eigenvalue weighted by Crippen LogP contribution is 2.66. The third-order valence-corrected chi connectivity index (χ3v) is 5.99. The van der Waals surface area contributed by atoms with Crippen LogP contribution in [0.2, 0.25) is 0 Å². The van der Waals surface area contributed by atoms with Crippen molar-refractivity contribution in [3.8, 4) is 0 Å². The highest BCUT2D eigenvalue weighted by Gasteiger charge is 2.61. The molecule has 2 unspecified atom stereocenters. The topological polar surface area (TPSA) is 67.0 Å². The van der Waals surface area contributed by atoms with Crippen molar-refractivity contribution >= 4 is 6.09 Å². The van der Waals surface area contributed by atoms with E-state index in [-0.39, 0.29) is 16.9 Å². The molecule has 0 aliphatic heterocycles. The number of alkyl carbamates (subject to hydrolysis) is 1. The second kappa shape index (κ2) is 4.74. The van der Waals surface area contributed by atoms with Crippen molar-refractivity contribution < 1.29 is 9.53 Å². The largest absolute Gasteiger partial charge is 0.444 e. The van der Waals surface area contributed by atoms with Crippen molar-refractivity contribution in [1.29, 1.82) is 0 Å². The quantitative estimate of drug-likeness (QED) is 0.859. The highest BCUT2D eigenvalue weighted by atomic mass is 16.6. The van der Waals surface area contributed by atoms with E-state index in [2.05, 4.69) is 31.1 Å². The molecule has 23 heavy (non-hydrogen) atoms. The molecule has 3 rings (SSSR count). The van der Waals surface area contributed by atoms with E-state index < -0.39 is 11.7 Å². The number of H-pyrrole nitrogens is 1. The van der Waals surface area contributed by atoms with Crippen molar-refractivity contribution in [2.75, 3.05) is 0 Å². The lowest BCUT2D eigenvalue weighted by molar-refractivity contribution is 0.0505. The molecule has 2 N–H and O–H groups in total. The van der Waals surface area contributed by atoms with Crippen LogP contribution in [0.15, 0.2) is 0 Å². The van der Waals surface area contributed by atoms with E-state index in [1.54, 1.807) is 0 Å². The van der Waals surface area contributed by atoms with Gasteiger partial charge in [0.25, 0.3) is 0 Å². The summed E-state index contributed by atoms with van der Waals surface area (Å²) >= 11 is 0. The minimum Gasteiger partial charge on any atom is -0.444 e. The fraction of sp³-hybridized carbons (Fsp3) is 0.778. The van der Waals surface area contributed by atoms with Crippen molar-refractivity contribution in [1.82, 2.24) is 15.3 Å². The van der Waals surface area contributed by atoms with Crippen molar-refractivity contribution in [3.05, 3.63) is 17.2 Å². The van der Waals surface area contributed by atoms with E-state index >= 15 is 0 Å². The molecule has 0 radical (unpaired) electrons. The Hall–Kier alpha value is -1.52. The summed E-state index contributed by atoms with van der Waals surface area (Å²) in [5, 5.41) is 2.87. The number of nitrogens with one attached hydrogen (secondary N) is 2. The molecule has 1 aromatic rings. The van der Waals surface area contributed by atoms with E-state index in [1.807, 2.05) is 27.7 Å². The first-order valence-corrected chi connectivity index (χ1v) is 8.55. The number of hydrogen-bond acceptors (Lipinski definition) is 3. The maximum absolute atomic E-state index is 11.9. The Morgan fingerprint density at radius 1 is 1.39 bits per heavy atom. The number of aromatic nitrogens is 2. The monoisotopic (exact) mass is 319 g/mol. The summed E-state index contributed by atoms with van der Waals surface area (Å²) in [6, 6.07) is -0.193. The molecule has 1 amide bonds. The summed E-state index contributed by atoms with van der Waals surface area (Å²) in [6.45, 7) is 14.5. The van der Waals surface area contributed by atoms with Gasteiger partial charge in [-0.1, -0.05) is 20.8 Å². The molecule has 1 aromatic heterocycles. The lowest BCUT2D eigenvalue weighted by Crippen LogP contribution is -2.35. The van der Waals surface area contributed by atoms with Gasteiger partial charge >= 0.3 is 6.09 Å². The molecule has 3 atom stereocenters. The summed E-state index contributed by atoms with van der Waals surface area (Å²) < 4.78 is 5.32. The van der Waals surface area contributed by atoms with Crippen LogP contribution in [0.3, 0.4) is 0 Å². The second-order valence-corrected chi connectivity index (χ2v) is 8.90. The predicted octanol–water partition coefficient (Wildman–Crippen LogP) is 4.17. The molecule has 2 aliphatic carbocycles. The van der Waals surface area contributed by atoms with Crippen LogP contribution >= 0.6 is 0 Å². The van der Waals surface area contributed by atoms with E-state index in [0.717, 1.165) is 5.82 Å². The molecule has 5 nitrogen and oxygen atoms in total. The number of rotatable bonds is 2. The van der Waals surface area contributed by atoms with Gasteiger partial charge in [0, 0.05) is 17.0 Å². The number of amides is 1. The Balaban J connectivity index is 1.78. The molecule has 1 saturated carbocycles. The molecule has 5 heteroatoms. The summed E-state index contributed by atoms with van der Waals surface area (Å²) in [7, 11) is 0. The number of nitrogens with zero attached hydrogens (tertiary/aromatic N) is 1. The van der Waals surface area contributed by atoms with Gasteiger partial charge in [-0.15, -0.1) is 0 Å². The number of aromatic amines is 1. The van der Waals surface area contributed by atoms with Gasteiger partial charge in [-0.05, 0) is 46.0 Å². The molecule has 2 aliphatic rings. The maximum atomic E-state index is 11.9. The summed E-state index contributed by atoms with van der Waals surface area (Å²) in [5.41, 5.74) is 2.36. The van der Waals surface area contributed by atoms with Crippen molar-refractivity contribution in [2.45, 2.75) is 84.3 Å². The van der Waals surface area contributed by atoms with Crippen LogP contribution in [0.5, 0.6) is 0 Å². The summed E-state index contributed by atoms with van der Waals surface area (Å²) in [4.78, 5) is 20.3. The molecular weight excluding hydrogens is 290 g/mol. The van der Waals surface area contributed by atoms with Crippen molar-refractivity contribution in [2.24, 2.45) is 5.41 Å². The number of imidazole rings is 1. The Morgan fingerprint density at radius 2 is 2.04 bits per heavy atom. The second-order valence-electron chi connectivity index (χ2n) is 8.90. The number of ether oxygens (including phenoxy) is 1. The minimum atomic E-state index is -0.495. The van der Waals surface area contributed by atoms with Crippen LogP contribution in [0, 0.1) is 5.41 Å². The summed E-state index contributed by atoms with van der Waals surface area (Å²) in [5.74, 6) is 1.37. The smallest absolute Gasteiger partial charge is 0.408 e. The van der Waals surface area contributed by atoms with Gasteiger partial charge < -0.3 is 15.0 Å². The predicted molar refractivity (Wildman–Crippen MR) is 89.5 cm³/mol. The molecule has 2 bridgehead atoms. The van der Waals surface area contributed by atoms with E-state index in [9.17, 15) is 4.79 Å². The van der Waals surface area contributed by atoms with Crippen LogP contribution < -0.4 is 5.32 Å². The fourth-order valence-corrected chi connectivity index (χ4v) is 4.27. The number of carbonyl (C=O) groups excluding carboxylic acids is 1. The molecule has 1 heterocycles. The molecule has 0 aromatic carbocycles. The zero-order valence-corrected chi connectivity index (χ0v) is 15.3. The number of hydrogen-bond donors (Lipinski definition) is 2. The average Bonchev–Trinajstić information content (AvgIpc) is 2.94. The minimum absolute atomic E-state index is 0.132. The van der Waals surface area contributed by atoms with Gasteiger partial charge in [0.05, 0.1) is 11.7 Å². The van der Waals surface area contributed by atoms with Crippen LogP contribution in [0.25, 0.3) is 0 Å². The van der Waals surface area contributed by atoms with Gasteiger partial charge in [-0.25, -0.2) is 9.78 Å². The first kappa shape index (κ1) is 16.3. The van der Waals surface area contributed by atoms with Gasteiger partial charge in [-0.3, -0.25) is 0 Å². The Morgan fingerprint density at radius 3 is 2.61 bits per heavy atom. The lowest BCUT2D eigenvalue weighted by Gasteiger charge is -2.34. The SMILES string of the molecule is C[C@H](NC(=O)OC(C)(C)C)c1nc2c([nH]1)C1CCC2(C)C1(C)C. The highest BCUT2D eigenvalue weighted by molar-refractivity contribution is 5.68. The first-order valence-electron chi connectivity index (χ1n) is 8.55. The van der Waals surface area contributed by atoms with Crippen LogP contribution in [0.4, 0.5) is 4.79 Å². The van der Waals surface area contributed by atoms with E-state index in [1.165, 1.54) is 24.2 Å². The first-order chi connectivity index (χ1) is 10.5. The van der Waals surface area contributed by atoms with Crippen molar-refractivity contribution in [3.63, 3.8) is 0 Å². The molecule has 0 saturated heterocycles. The standard InChI is InChI=1S/C18H29N3O2/c1-10(19-15(22)23-16(2,3)4)14-20-12-11-8-9-18(7,13(12)21-14)17(11,5)6/h10-11H,8-9H2,1-7H3,(H,19,22)(H,20,21)/t10-,11?,18?/m0/s1. The number of fused-ring (bicyclic) bond motifs is 5. The molecule has 1 fully saturated rings. The average molecular weight is 319 g/mol. The molecule has 0 spiro atoms. The third-order valence-electron chi connectivity index (χ3n) is 5.99. The summed E-state index contributed by atoms with van der Waals surface area (Å²) in [6.07, 6.45) is 2.00. The molecule has 128 valence electrons. The zero-order valence-electron chi connectivity index (χ0n) is 15.3. The number of carbonyl (C=O) groups is 1. The zero-order chi connectivity index (χ0) is 17.2. The fourth-order valence-electron chi connectivity index (χ4n) is 4.27. The van der Waals surface area contributed by atoms with Crippen LogP contribution in [0.1, 0.15) is 90.5 Å². The van der Waals surface area contributed by atoms with Gasteiger partial charge in [-0.2, -0.15) is 0 Å². The van der Waals surface area contributed by atoms with E-state index in [0.29, 0.717) is 5.92 Å². The normalized spacial score (nSPS) is 29.3. The lowest BCUT2D eigenvalue weighted by atomic mass is 9.70. The molecular formula is C18H29N3O2. The van der Waals surface area contributed by atoms with Gasteiger partial charge in [0.1, 0.15) is 11.4 Å². The van der Waals surface area contributed by atoms with Gasteiger partial charge in [0.2, 0.25) is 0 Å². The van der Waals surface area contributed by atoms with Crippen LogP contribution in [-0.4, -0.2) is 21.7 Å². The Kier molecular flexibility index (Phi) is 3.37. The maximum Gasteiger partial charge on any atom is 0.408 e. The van der Waals surface area contributed by atoms with E-state index in [4.69, 9.17) is 9.72 Å². The van der Waals surface area contributed by atoms with Gasteiger partial charge in [0.15, 0.2) is 0 Å². The van der Waals surface area contributed by atoms with Crippen LogP contribution in [-0.2, 0) is 10.2 Å².